The summed E-state index contributed by atoms with van der Waals surface area (Å²) in [5.41, 5.74) is 12.9. The molecule has 0 saturated carbocycles. The number of aryl methyl sites for hydroxylation is 6. The number of amides is 2. The van der Waals surface area contributed by atoms with Gasteiger partial charge < -0.3 is 44.5 Å². The minimum atomic E-state index is -0.302. The van der Waals surface area contributed by atoms with Gasteiger partial charge in [-0.25, -0.2) is 9.13 Å². The van der Waals surface area contributed by atoms with Crippen LogP contribution in [0.5, 0.6) is 5.75 Å². The van der Waals surface area contributed by atoms with Crippen molar-refractivity contribution in [2.75, 3.05) is 51.4 Å². The average Bonchev–Trinajstić information content (AvgIpc) is 4.24. The molecule has 17 heteroatoms. The number of aromatic hydroxyl groups is 1. The van der Waals surface area contributed by atoms with E-state index in [-0.39, 0.29) is 23.9 Å². The molecule has 0 aliphatic carbocycles. The summed E-state index contributed by atoms with van der Waals surface area (Å²) in [6, 6.07) is 45.3. The summed E-state index contributed by atoms with van der Waals surface area (Å²) in [6.45, 7) is 10.8. The van der Waals surface area contributed by atoms with E-state index in [1.807, 2.05) is 95.4 Å². The van der Waals surface area contributed by atoms with E-state index < -0.39 is 0 Å². The summed E-state index contributed by atoms with van der Waals surface area (Å²) in [6.07, 6.45) is 10.8. The van der Waals surface area contributed by atoms with Crippen molar-refractivity contribution in [1.82, 2.24) is 33.3 Å². The van der Waals surface area contributed by atoms with Crippen molar-refractivity contribution in [1.29, 1.82) is 0 Å². The predicted octanol–water partition coefficient (Wildman–Crippen LogP) is 12.7. The molecule has 0 spiro atoms. The smallest absolute Gasteiger partial charge is 0.421 e. The van der Waals surface area contributed by atoms with Gasteiger partial charge in [0.25, 0.3) is 11.8 Å². The van der Waals surface area contributed by atoms with Crippen molar-refractivity contribution in [3.8, 4) is 17.1 Å². The van der Waals surface area contributed by atoms with Crippen LogP contribution < -0.4 is 15.2 Å². The van der Waals surface area contributed by atoms with Crippen LogP contribution in [-0.4, -0.2) is 97.3 Å². The SMILES string of the molecule is CCc1ccc(C)n1-c1ccc(Nc2ccc(N=NC3N(C)C=CN3CCCN(C)C(=O)c3ccc(C(=O)N(C)CCCn4cc[n+](C)c4N=Nc4ccc(Nc5ccc(-n6c(C)ccc6CC)cc5)cc4O)cc3)cc2)cc1. The molecule has 2 amide bonds. The molecule has 79 heavy (non-hydrogen) atoms. The van der Waals surface area contributed by atoms with Gasteiger partial charge >= 0.3 is 5.95 Å². The first-order valence-corrected chi connectivity index (χ1v) is 26.9. The van der Waals surface area contributed by atoms with Crippen LogP contribution in [0.2, 0.25) is 0 Å². The first-order chi connectivity index (χ1) is 38.3. The molecule has 17 nitrogen and oxygen atoms in total. The molecule has 3 aromatic heterocycles. The second-order valence-electron chi connectivity index (χ2n) is 20.0. The fourth-order valence-corrected chi connectivity index (χ4v) is 9.81. The zero-order valence-electron chi connectivity index (χ0n) is 46.5. The standard InChI is InChI=1S/C62H70N14O3/c1-9-53-28-13-44(3)75(53)55-30-23-49(24-31-55)63-48-19-21-51(22-20-48)65-67-61-71(7)39-41-73(61)37-11-35-69(5)59(78)46-15-17-47(18-16-46)60(79)70(6)36-12-38-74-42-40-72(8)62(74)68-66-57-34-27-52(43-58(57)77)64-50-25-32-56(33-26-50)76-45(4)14-29-54(76)10-2/h13-34,39-43,61H,9-12,35-38H2,1-8H3,(H2,63,64,67,77)/p+1. The summed E-state index contributed by atoms with van der Waals surface area (Å²) in [7, 11) is 7.43. The number of rotatable bonds is 22. The highest BCUT2D eigenvalue weighted by Gasteiger charge is 2.24. The molecular weight excluding hydrogens is 989 g/mol. The minimum absolute atomic E-state index is 0.000296. The fourth-order valence-electron chi connectivity index (χ4n) is 9.81. The lowest BCUT2D eigenvalue weighted by molar-refractivity contribution is -0.657. The van der Waals surface area contributed by atoms with Crippen LogP contribution in [0, 0.1) is 13.8 Å². The van der Waals surface area contributed by atoms with Gasteiger partial charge in [-0.15, -0.1) is 5.11 Å². The summed E-state index contributed by atoms with van der Waals surface area (Å²) in [5, 5.41) is 35.9. The number of imidazole rings is 1. The highest BCUT2D eigenvalue weighted by molar-refractivity contribution is 5.97. The molecular formula is C62H71N14O3+. The largest absolute Gasteiger partial charge is 0.505 e. The third kappa shape index (κ3) is 13.0. The normalized spacial score (nSPS) is 13.3. The number of hydrogen-bond acceptors (Lipinski definition) is 11. The zero-order valence-corrected chi connectivity index (χ0v) is 46.5. The Labute approximate surface area is 463 Å². The van der Waals surface area contributed by atoms with Crippen molar-refractivity contribution in [2.24, 2.45) is 27.5 Å². The number of benzene rings is 5. The molecule has 406 valence electrons. The van der Waals surface area contributed by atoms with Gasteiger partial charge in [-0.2, -0.15) is 5.11 Å². The Morgan fingerprint density at radius 2 is 1.13 bits per heavy atom. The molecule has 1 aliphatic rings. The summed E-state index contributed by atoms with van der Waals surface area (Å²) in [5.74, 6) is 0.341. The number of anilines is 4. The van der Waals surface area contributed by atoms with Crippen LogP contribution in [0.25, 0.3) is 11.4 Å². The van der Waals surface area contributed by atoms with E-state index >= 15 is 0 Å². The Hall–Kier alpha value is -9.25. The highest BCUT2D eigenvalue weighted by atomic mass is 16.3. The molecule has 1 atom stereocenters. The number of carbonyl (C=O) groups excluding carboxylic acids is 2. The second kappa shape index (κ2) is 24.8. The van der Waals surface area contributed by atoms with E-state index in [9.17, 15) is 14.7 Å². The topological polar surface area (TPSA) is 159 Å². The third-order valence-electron chi connectivity index (χ3n) is 14.3. The van der Waals surface area contributed by atoms with Crippen LogP contribution in [0.3, 0.4) is 0 Å². The summed E-state index contributed by atoms with van der Waals surface area (Å²) in [4.78, 5) is 34.5. The maximum Gasteiger partial charge on any atom is 0.421 e. The van der Waals surface area contributed by atoms with Crippen molar-refractivity contribution >= 4 is 51.9 Å². The van der Waals surface area contributed by atoms with E-state index in [0.717, 1.165) is 52.7 Å². The van der Waals surface area contributed by atoms with Gasteiger partial charge in [-0.05, 0) is 173 Å². The van der Waals surface area contributed by atoms with Crippen molar-refractivity contribution in [3.63, 3.8) is 0 Å². The quantitative estimate of drug-likeness (QED) is 0.0450. The lowest BCUT2D eigenvalue weighted by Crippen LogP contribution is -2.36. The Balaban J connectivity index is 0.699. The Bertz CT molecular complexity index is 3460. The number of phenolic OH excluding ortho intramolecular Hbond substituents is 1. The van der Waals surface area contributed by atoms with Crippen LogP contribution in [0.1, 0.15) is 70.2 Å². The summed E-state index contributed by atoms with van der Waals surface area (Å²) < 4.78 is 8.37. The van der Waals surface area contributed by atoms with Gasteiger partial charge in [0.2, 0.25) is 6.29 Å². The van der Waals surface area contributed by atoms with Gasteiger partial charge in [0.15, 0.2) is 0 Å². The molecule has 0 saturated heterocycles. The third-order valence-corrected chi connectivity index (χ3v) is 14.3. The molecule has 3 N–H and O–H groups in total. The van der Waals surface area contributed by atoms with Crippen molar-refractivity contribution < 1.29 is 19.3 Å². The molecule has 4 heterocycles. The van der Waals surface area contributed by atoms with Crippen LogP contribution in [0.4, 0.5) is 40.1 Å². The van der Waals surface area contributed by atoms with E-state index in [4.69, 9.17) is 0 Å². The molecule has 1 aliphatic heterocycles. The maximum atomic E-state index is 13.5. The van der Waals surface area contributed by atoms with E-state index in [1.54, 1.807) is 60.3 Å². The van der Waals surface area contributed by atoms with Crippen LogP contribution in [0.15, 0.2) is 185 Å². The Kier molecular flexibility index (Phi) is 17.1. The van der Waals surface area contributed by atoms with Gasteiger partial charge in [0.05, 0.1) is 31.7 Å². The van der Waals surface area contributed by atoms with Crippen molar-refractivity contribution in [2.45, 2.75) is 66.2 Å². The van der Waals surface area contributed by atoms with E-state index in [2.05, 4.69) is 133 Å². The van der Waals surface area contributed by atoms with E-state index in [0.29, 0.717) is 61.8 Å². The average molecular weight is 1060 g/mol. The van der Waals surface area contributed by atoms with Crippen LogP contribution in [-0.2, 0) is 26.4 Å². The second-order valence-corrected chi connectivity index (χ2v) is 20.0. The number of hydrogen-bond donors (Lipinski definition) is 3. The van der Waals surface area contributed by atoms with Gasteiger partial charge in [0.1, 0.15) is 11.4 Å². The maximum absolute atomic E-state index is 13.5. The van der Waals surface area contributed by atoms with Gasteiger partial charge in [-0.1, -0.05) is 19.0 Å². The first kappa shape index (κ1) is 54.5. The number of aromatic nitrogens is 4. The number of nitrogens with zero attached hydrogens (tertiary/aromatic N) is 12. The highest BCUT2D eigenvalue weighted by Crippen LogP contribution is 2.33. The molecule has 0 fully saturated rings. The first-order valence-electron chi connectivity index (χ1n) is 26.9. The monoisotopic (exact) mass is 1060 g/mol. The molecule has 0 radical (unpaired) electrons. The Morgan fingerprint density at radius 3 is 1.66 bits per heavy atom. The van der Waals surface area contributed by atoms with E-state index in [1.165, 1.54) is 22.8 Å². The molecule has 0 bridgehead atoms. The van der Waals surface area contributed by atoms with Gasteiger partial charge in [0, 0.05) is 132 Å². The number of carbonyl (C=O) groups is 2. The van der Waals surface area contributed by atoms with Gasteiger partial charge in [-0.3, -0.25) is 9.59 Å². The number of azo groups is 2. The van der Waals surface area contributed by atoms with Crippen molar-refractivity contribution in [3.05, 3.63) is 198 Å². The lowest BCUT2D eigenvalue weighted by atomic mass is 10.1. The molecule has 8 aromatic rings. The number of nitrogens with one attached hydrogen (secondary N) is 2. The Morgan fingerprint density at radius 1 is 0.620 bits per heavy atom. The molecule has 5 aromatic carbocycles. The predicted molar refractivity (Wildman–Crippen MR) is 312 cm³/mol. The zero-order chi connectivity index (χ0) is 55.6. The number of phenols is 1. The minimum Gasteiger partial charge on any atom is -0.505 e. The lowest BCUT2D eigenvalue weighted by Gasteiger charge is -2.26. The van der Waals surface area contributed by atoms with Crippen LogP contribution >= 0.6 is 0 Å². The summed E-state index contributed by atoms with van der Waals surface area (Å²) >= 11 is 0. The molecule has 9 rings (SSSR count). The fraction of sp³-hybridized carbons (Fsp3) is 0.274. The molecule has 1 unspecified atom stereocenters.